The zero-order valence-electron chi connectivity index (χ0n) is 12.8. The van der Waals surface area contributed by atoms with Gasteiger partial charge in [0.1, 0.15) is 11.6 Å². The van der Waals surface area contributed by atoms with Gasteiger partial charge < -0.3 is 15.2 Å². The van der Waals surface area contributed by atoms with Crippen LogP contribution < -0.4 is 5.32 Å². The lowest BCUT2D eigenvalue weighted by Gasteiger charge is -2.36. The van der Waals surface area contributed by atoms with Gasteiger partial charge in [0.25, 0.3) is 0 Å². The van der Waals surface area contributed by atoms with E-state index in [-0.39, 0.29) is 5.25 Å². The lowest BCUT2D eigenvalue weighted by molar-refractivity contribution is -0.142. The van der Waals surface area contributed by atoms with Crippen molar-refractivity contribution in [2.45, 2.75) is 57.9 Å². The van der Waals surface area contributed by atoms with Crippen LogP contribution in [-0.4, -0.2) is 34.1 Å². The van der Waals surface area contributed by atoms with Crippen LogP contribution in [0.25, 0.3) is 0 Å². The molecule has 0 aromatic heterocycles. The SMILES string of the molecule is C=CC[C@H](S)C(C)(C)C(NC(=O)OC(C)(C)C)C(=O)O. The maximum absolute atomic E-state index is 11.8. The van der Waals surface area contributed by atoms with Crippen LogP contribution in [0.4, 0.5) is 4.79 Å². The van der Waals surface area contributed by atoms with Crippen molar-refractivity contribution in [3.8, 4) is 0 Å². The number of allylic oxidation sites excluding steroid dienone is 1. The third kappa shape index (κ3) is 5.86. The summed E-state index contributed by atoms with van der Waals surface area (Å²) < 4.78 is 5.09. The van der Waals surface area contributed by atoms with Crippen LogP contribution in [0.3, 0.4) is 0 Å². The van der Waals surface area contributed by atoms with E-state index in [1.807, 2.05) is 0 Å². The van der Waals surface area contributed by atoms with Crippen molar-refractivity contribution in [3.63, 3.8) is 0 Å². The molecule has 0 aliphatic rings. The molecule has 116 valence electrons. The zero-order valence-corrected chi connectivity index (χ0v) is 13.7. The molecule has 0 radical (unpaired) electrons. The van der Waals surface area contributed by atoms with Crippen molar-refractivity contribution in [1.82, 2.24) is 5.32 Å². The van der Waals surface area contributed by atoms with Crippen LogP contribution >= 0.6 is 12.6 Å². The number of thiol groups is 1. The van der Waals surface area contributed by atoms with Crippen LogP contribution in [0.15, 0.2) is 12.7 Å². The summed E-state index contributed by atoms with van der Waals surface area (Å²) in [5.74, 6) is -1.12. The van der Waals surface area contributed by atoms with Crippen LogP contribution in [0.5, 0.6) is 0 Å². The lowest BCUT2D eigenvalue weighted by Crippen LogP contribution is -2.54. The second-order valence-electron chi connectivity index (χ2n) is 6.28. The van der Waals surface area contributed by atoms with Gasteiger partial charge in [-0.25, -0.2) is 9.59 Å². The van der Waals surface area contributed by atoms with Crippen LogP contribution in [0.1, 0.15) is 41.0 Å². The van der Waals surface area contributed by atoms with Crippen molar-refractivity contribution < 1.29 is 19.4 Å². The maximum atomic E-state index is 11.8. The predicted octanol–water partition coefficient (Wildman–Crippen LogP) is 2.87. The number of alkyl carbamates (subject to hydrolysis) is 1. The van der Waals surface area contributed by atoms with E-state index in [9.17, 15) is 14.7 Å². The second kappa shape index (κ2) is 7.02. The summed E-state index contributed by atoms with van der Waals surface area (Å²) in [6.45, 7) is 12.2. The van der Waals surface area contributed by atoms with Gasteiger partial charge in [0.05, 0.1) is 0 Å². The molecule has 0 aliphatic heterocycles. The molecule has 0 spiro atoms. The molecule has 5 nitrogen and oxygen atoms in total. The van der Waals surface area contributed by atoms with Gasteiger partial charge in [-0.15, -0.1) is 6.58 Å². The predicted molar refractivity (Wildman–Crippen MR) is 82.2 cm³/mol. The highest BCUT2D eigenvalue weighted by atomic mass is 32.1. The summed E-state index contributed by atoms with van der Waals surface area (Å²) in [5, 5.41) is 11.5. The van der Waals surface area contributed by atoms with Gasteiger partial charge >= 0.3 is 12.1 Å². The van der Waals surface area contributed by atoms with Crippen molar-refractivity contribution in [3.05, 3.63) is 12.7 Å². The smallest absolute Gasteiger partial charge is 0.408 e. The Morgan fingerprint density at radius 1 is 1.35 bits per heavy atom. The van der Waals surface area contributed by atoms with Crippen molar-refractivity contribution in [2.24, 2.45) is 5.41 Å². The zero-order chi connectivity index (χ0) is 16.1. The maximum Gasteiger partial charge on any atom is 0.408 e. The molecule has 2 N–H and O–H groups in total. The molecule has 0 aliphatic carbocycles. The number of hydrogen-bond acceptors (Lipinski definition) is 4. The molecule has 6 heteroatoms. The van der Waals surface area contributed by atoms with Crippen molar-refractivity contribution >= 4 is 24.7 Å². The van der Waals surface area contributed by atoms with E-state index in [2.05, 4.69) is 24.5 Å². The molecule has 1 unspecified atom stereocenters. The topological polar surface area (TPSA) is 75.6 Å². The normalized spacial score (nSPS) is 15.1. The highest BCUT2D eigenvalue weighted by Crippen LogP contribution is 2.32. The standard InChI is InChI=1S/C14H25NO4S/c1-7-8-9(20)14(5,6)10(11(16)17)15-12(18)19-13(2,3)4/h7,9-10,20H,1,8H2,2-6H3,(H,15,18)(H,16,17)/t9-,10?/m0/s1. The lowest BCUT2D eigenvalue weighted by atomic mass is 9.79. The summed E-state index contributed by atoms with van der Waals surface area (Å²) in [4.78, 5) is 23.2. The molecule has 20 heavy (non-hydrogen) atoms. The number of amides is 1. The summed E-state index contributed by atoms with van der Waals surface area (Å²) in [7, 11) is 0. The fourth-order valence-corrected chi connectivity index (χ4v) is 1.94. The highest BCUT2D eigenvalue weighted by Gasteiger charge is 2.41. The van der Waals surface area contributed by atoms with Crippen LogP contribution in [0.2, 0.25) is 0 Å². The Morgan fingerprint density at radius 3 is 2.20 bits per heavy atom. The molecule has 0 saturated carbocycles. The molecule has 0 saturated heterocycles. The minimum Gasteiger partial charge on any atom is -0.480 e. The summed E-state index contributed by atoms with van der Waals surface area (Å²) >= 11 is 4.41. The first-order valence-electron chi connectivity index (χ1n) is 6.43. The number of nitrogens with one attached hydrogen (secondary N) is 1. The number of hydrogen-bond donors (Lipinski definition) is 3. The summed E-state index contributed by atoms with van der Waals surface area (Å²) in [6, 6.07) is -1.10. The Morgan fingerprint density at radius 2 is 1.85 bits per heavy atom. The number of carbonyl (C=O) groups is 2. The third-order valence-corrected chi connectivity index (χ3v) is 3.78. The van der Waals surface area contributed by atoms with E-state index >= 15 is 0 Å². The van der Waals surface area contributed by atoms with Gasteiger partial charge in [0, 0.05) is 10.7 Å². The number of carboxylic acids is 1. The van der Waals surface area contributed by atoms with Gasteiger partial charge in [0.2, 0.25) is 0 Å². The summed E-state index contributed by atoms with van der Waals surface area (Å²) in [5.41, 5.74) is -1.45. The van der Waals surface area contributed by atoms with E-state index in [1.54, 1.807) is 40.7 Å². The summed E-state index contributed by atoms with van der Waals surface area (Å²) in [6.07, 6.45) is 1.46. The first-order chi connectivity index (χ1) is 8.91. The second-order valence-corrected chi connectivity index (χ2v) is 6.90. The minimum absolute atomic E-state index is 0.254. The number of carbonyl (C=O) groups excluding carboxylic acids is 1. The number of aliphatic carboxylic acids is 1. The van der Waals surface area contributed by atoms with E-state index < -0.39 is 29.1 Å². The largest absolute Gasteiger partial charge is 0.480 e. The number of rotatable bonds is 6. The van der Waals surface area contributed by atoms with Gasteiger partial charge in [-0.05, 0) is 27.2 Å². The molecular weight excluding hydrogens is 278 g/mol. The molecule has 1 amide bonds. The fraction of sp³-hybridized carbons (Fsp3) is 0.714. The monoisotopic (exact) mass is 303 g/mol. The van der Waals surface area contributed by atoms with Crippen molar-refractivity contribution in [2.75, 3.05) is 0 Å². The van der Waals surface area contributed by atoms with Gasteiger partial charge in [-0.2, -0.15) is 12.6 Å². The average molecular weight is 303 g/mol. The van der Waals surface area contributed by atoms with E-state index in [4.69, 9.17) is 4.74 Å². The Bertz CT molecular complexity index is 374. The molecule has 2 atom stereocenters. The minimum atomic E-state index is -1.12. The molecule has 0 rings (SSSR count). The molecule has 0 fully saturated rings. The van der Waals surface area contributed by atoms with Gasteiger partial charge in [0.15, 0.2) is 0 Å². The van der Waals surface area contributed by atoms with Gasteiger partial charge in [-0.3, -0.25) is 0 Å². The Kier molecular flexibility index (Phi) is 6.61. The Balaban J connectivity index is 5.02. The first-order valence-corrected chi connectivity index (χ1v) is 6.94. The molecule has 0 aromatic rings. The molecule has 0 bridgehead atoms. The van der Waals surface area contributed by atoms with E-state index in [1.165, 1.54) is 0 Å². The fourth-order valence-electron chi connectivity index (χ4n) is 1.65. The molecular formula is C14H25NO4S. The van der Waals surface area contributed by atoms with Gasteiger partial charge in [-0.1, -0.05) is 19.9 Å². The molecule has 0 heterocycles. The molecule has 0 aromatic carbocycles. The van der Waals surface area contributed by atoms with Crippen LogP contribution in [0, 0.1) is 5.41 Å². The number of ether oxygens (including phenoxy) is 1. The quantitative estimate of drug-likeness (QED) is 0.521. The van der Waals surface area contributed by atoms with Crippen molar-refractivity contribution in [1.29, 1.82) is 0 Å². The van der Waals surface area contributed by atoms with E-state index in [0.717, 1.165) is 0 Å². The van der Waals surface area contributed by atoms with Crippen LogP contribution in [-0.2, 0) is 9.53 Å². The average Bonchev–Trinajstić information content (AvgIpc) is 2.23. The Hall–Kier alpha value is -1.17. The Labute approximate surface area is 126 Å². The highest BCUT2D eigenvalue weighted by molar-refractivity contribution is 7.81. The first kappa shape index (κ1) is 18.8. The van der Waals surface area contributed by atoms with E-state index in [0.29, 0.717) is 6.42 Å². The number of carboxylic acid groups (broad SMARTS) is 1. The third-order valence-electron chi connectivity index (χ3n) is 2.90.